The average molecular weight is 149 g/mol. The SMILES string of the molecule is O=C1N=C2C(=O)N=CC=C2N1. The number of dihydropyridines is 1. The third kappa shape index (κ3) is 0.778. The van der Waals surface area contributed by atoms with Gasteiger partial charge in [-0.2, -0.15) is 4.99 Å². The first-order valence-corrected chi connectivity index (χ1v) is 2.96. The van der Waals surface area contributed by atoms with Crippen molar-refractivity contribution in [1.82, 2.24) is 5.32 Å². The lowest BCUT2D eigenvalue weighted by Gasteiger charge is -1.99. The van der Waals surface area contributed by atoms with Crippen LogP contribution >= 0.6 is 0 Å². The van der Waals surface area contributed by atoms with E-state index in [-0.39, 0.29) is 5.71 Å². The second-order valence-electron chi connectivity index (χ2n) is 2.05. The lowest BCUT2D eigenvalue weighted by Crippen LogP contribution is -2.21. The van der Waals surface area contributed by atoms with Gasteiger partial charge in [0.25, 0.3) is 5.91 Å². The van der Waals surface area contributed by atoms with Crippen LogP contribution in [0.2, 0.25) is 0 Å². The summed E-state index contributed by atoms with van der Waals surface area (Å²) in [6, 6.07) is -0.509. The van der Waals surface area contributed by atoms with E-state index >= 15 is 0 Å². The number of allylic oxidation sites excluding steroid dienone is 1. The van der Waals surface area contributed by atoms with Gasteiger partial charge in [-0.15, -0.1) is 0 Å². The van der Waals surface area contributed by atoms with Crippen LogP contribution in [0.3, 0.4) is 0 Å². The minimum atomic E-state index is -0.509. The molecule has 0 saturated carbocycles. The minimum absolute atomic E-state index is 0.109. The fourth-order valence-electron chi connectivity index (χ4n) is 0.888. The number of amides is 3. The third-order valence-electron chi connectivity index (χ3n) is 1.35. The molecule has 2 aliphatic heterocycles. The molecule has 0 aliphatic carbocycles. The second-order valence-corrected chi connectivity index (χ2v) is 2.05. The Morgan fingerprint density at radius 1 is 1.36 bits per heavy atom. The van der Waals surface area contributed by atoms with Gasteiger partial charge < -0.3 is 5.32 Å². The number of carbonyl (C=O) groups excluding carboxylic acids is 2. The summed E-state index contributed by atoms with van der Waals surface area (Å²) in [5, 5.41) is 2.39. The van der Waals surface area contributed by atoms with Gasteiger partial charge in [0.2, 0.25) is 0 Å². The maximum atomic E-state index is 10.9. The first-order chi connectivity index (χ1) is 5.27. The summed E-state index contributed by atoms with van der Waals surface area (Å²) in [4.78, 5) is 28.3. The Morgan fingerprint density at radius 3 is 2.91 bits per heavy atom. The summed E-state index contributed by atoms with van der Waals surface area (Å²) < 4.78 is 0. The molecule has 0 fully saturated rings. The molecule has 0 saturated heterocycles. The van der Waals surface area contributed by atoms with Gasteiger partial charge in [0.05, 0.1) is 5.70 Å². The zero-order valence-corrected chi connectivity index (χ0v) is 5.37. The van der Waals surface area contributed by atoms with Gasteiger partial charge in [0.15, 0.2) is 5.71 Å². The smallest absolute Gasteiger partial charge is 0.304 e. The molecule has 2 heterocycles. The van der Waals surface area contributed by atoms with Crippen molar-refractivity contribution in [3.63, 3.8) is 0 Å². The van der Waals surface area contributed by atoms with Crippen LogP contribution in [0, 0.1) is 0 Å². The fourth-order valence-corrected chi connectivity index (χ4v) is 0.888. The summed E-state index contributed by atoms with van der Waals surface area (Å²) in [5.41, 5.74) is 0.549. The van der Waals surface area contributed by atoms with Crippen LogP contribution in [0.15, 0.2) is 21.8 Å². The third-order valence-corrected chi connectivity index (χ3v) is 1.35. The van der Waals surface area contributed by atoms with Crippen LogP contribution in [0.4, 0.5) is 4.79 Å². The highest BCUT2D eigenvalue weighted by atomic mass is 16.2. The Morgan fingerprint density at radius 2 is 2.18 bits per heavy atom. The number of rotatable bonds is 0. The van der Waals surface area contributed by atoms with Gasteiger partial charge >= 0.3 is 6.03 Å². The minimum Gasteiger partial charge on any atom is -0.304 e. The number of hydrogen-bond donors (Lipinski definition) is 1. The summed E-state index contributed by atoms with van der Waals surface area (Å²) in [7, 11) is 0. The molecule has 3 amide bonds. The van der Waals surface area contributed by atoms with Crippen molar-refractivity contribution >= 4 is 23.9 Å². The van der Waals surface area contributed by atoms with Crippen molar-refractivity contribution in [2.24, 2.45) is 9.98 Å². The van der Waals surface area contributed by atoms with Crippen LogP contribution in [0.1, 0.15) is 0 Å². The monoisotopic (exact) mass is 149 g/mol. The molecule has 5 nitrogen and oxygen atoms in total. The summed E-state index contributed by atoms with van der Waals surface area (Å²) in [6.07, 6.45) is 2.87. The molecule has 2 aliphatic rings. The molecule has 5 heteroatoms. The van der Waals surface area contributed by atoms with E-state index < -0.39 is 11.9 Å². The van der Waals surface area contributed by atoms with Gasteiger partial charge in [-0.05, 0) is 6.08 Å². The Labute approximate surface area is 61.5 Å². The van der Waals surface area contributed by atoms with Crippen molar-refractivity contribution in [3.05, 3.63) is 11.8 Å². The van der Waals surface area contributed by atoms with E-state index in [1.54, 1.807) is 0 Å². The summed E-state index contributed by atoms with van der Waals surface area (Å²) in [6.45, 7) is 0. The van der Waals surface area contributed by atoms with Gasteiger partial charge in [-0.25, -0.2) is 9.79 Å². The number of fused-ring (bicyclic) bond motifs is 1. The fraction of sp³-hybridized carbons (Fsp3) is 0. The van der Waals surface area contributed by atoms with E-state index in [1.807, 2.05) is 0 Å². The van der Waals surface area contributed by atoms with E-state index in [1.165, 1.54) is 12.3 Å². The Hall–Kier alpha value is -1.78. The Bertz CT molecular complexity index is 338. The van der Waals surface area contributed by atoms with E-state index in [4.69, 9.17) is 0 Å². The molecular formula is C6H3N3O2. The normalized spacial score (nSPS) is 20.7. The predicted molar refractivity (Wildman–Crippen MR) is 37.5 cm³/mol. The van der Waals surface area contributed by atoms with Gasteiger partial charge in [-0.3, -0.25) is 4.79 Å². The zero-order chi connectivity index (χ0) is 7.84. The highest BCUT2D eigenvalue weighted by Gasteiger charge is 2.26. The predicted octanol–water partition coefficient (Wildman–Crippen LogP) is -0.354. The largest absolute Gasteiger partial charge is 0.346 e. The number of carbonyl (C=O) groups is 2. The molecule has 0 aromatic heterocycles. The lowest BCUT2D eigenvalue weighted by atomic mass is 10.2. The molecule has 1 N–H and O–H groups in total. The molecule has 0 atom stereocenters. The topological polar surface area (TPSA) is 70.9 Å². The Kier molecular flexibility index (Phi) is 1.00. The van der Waals surface area contributed by atoms with Crippen LogP contribution in [0.25, 0.3) is 0 Å². The van der Waals surface area contributed by atoms with Crippen LogP contribution < -0.4 is 5.32 Å². The molecule has 0 radical (unpaired) electrons. The molecule has 2 rings (SSSR count). The van der Waals surface area contributed by atoms with E-state index in [9.17, 15) is 9.59 Å². The molecule has 54 valence electrons. The number of hydrogen-bond acceptors (Lipinski definition) is 2. The van der Waals surface area contributed by atoms with Crippen LogP contribution in [0.5, 0.6) is 0 Å². The van der Waals surface area contributed by atoms with Crippen molar-refractivity contribution < 1.29 is 9.59 Å². The van der Waals surface area contributed by atoms with Crippen molar-refractivity contribution in [2.75, 3.05) is 0 Å². The number of nitrogens with one attached hydrogen (secondary N) is 1. The maximum absolute atomic E-state index is 10.9. The molecule has 0 bridgehead atoms. The molecule has 11 heavy (non-hydrogen) atoms. The first-order valence-electron chi connectivity index (χ1n) is 2.96. The average Bonchev–Trinajstić information content (AvgIpc) is 2.31. The molecule has 0 aromatic carbocycles. The maximum Gasteiger partial charge on any atom is 0.346 e. The standard InChI is InChI=1S/C6H3N3O2/c10-5-4-3(1-2-7-5)8-6(11)9-4/h1-2H,(H,8,11). The molecular weight excluding hydrogens is 146 g/mol. The number of aliphatic imine (C=N–C) groups is 2. The van der Waals surface area contributed by atoms with Crippen molar-refractivity contribution in [1.29, 1.82) is 0 Å². The first kappa shape index (κ1) is 5.96. The highest BCUT2D eigenvalue weighted by molar-refractivity contribution is 6.51. The van der Waals surface area contributed by atoms with Crippen LogP contribution in [-0.4, -0.2) is 23.9 Å². The van der Waals surface area contributed by atoms with E-state index in [0.717, 1.165) is 0 Å². The summed E-state index contributed by atoms with van der Waals surface area (Å²) >= 11 is 0. The summed E-state index contributed by atoms with van der Waals surface area (Å²) in [5.74, 6) is -0.471. The van der Waals surface area contributed by atoms with E-state index in [0.29, 0.717) is 5.70 Å². The van der Waals surface area contributed by atoms with E-state index in [2.05, 4.69) is 15.3 Å². The quantitative estimate of drug-likeness (QED) is 0.511. The second kappa shape index (κ2) is 1.85. The lowest BCUT2D eigenvalue weighted by molar-refractivity contribution is -0.111. The highest BCUT2D eigenvalue weighted by Crippen LogP contribution is 2.07. The molecule has 0 unspecified atom stereocenters. The number of urea groups is 1. The zero-order valence-electron chi connectivity index (χ0n) is 5.37. The molecule has 0 aromatic rings. The van der Waals surface area contributed by atoms with Gasteiger partial charge in [0, 0.05) is 6.21 Å². The van der Waals surface area contributed by atoms with Crippen molar-refractivity contribution in [3.8, 4) is 0 Å². The van der Waals surface area contributed by atoms with Crippen molar-refractivity contribution in [2.45, 2.75) is 0 Å². The number of nitrogens with zero attached hydrogens (tertiary/aromatic N) is 2. The van der Waals surface area contributed by atoms with Gasteiger partial charge in [0.1, 0.15) is 0 Å². The Balaban J connectivity index is 2.52. The van der Waals surface area contributed by atoms with Crippen LogP contribution in [-0.2, 0) is 4.79 Å². The van der Waals surface area contributed by atoms with Gasteiger partial charge in [-0.1, -0.05) is 0 Å². The molecule has 0 spiro atoms.